The number of aromatic nitrogens is 2. The summed E-state index contributed by atoms with van der Waals surface area (Å²) in [7, 11) is 1.62. The van der Waals surface area contributed by atoms with E-state index >= 15 is 0 Å². The van der Waals surface area contributed by atoms with Crippen molar-refractivity contribution in [3.05, 3.63) is 48.2 Å². The molecule has 2 heterocycles. The lowest BCUT2D eigenvalue weighted by Gasteiger charge is -2.15. The van der Waals surface area contributed by atoms with E-state index in [0.717, 1.165) is 11.3 Å². The van der Waals surface area contributed by atoms with Crippen LogP contribution in [0.25, 0.3) is 0 Å². The number of nitrogens with zero attached hydrogens (tertiary/aromatic N) is 2. The molecule has 112 valence electrons. The Kier molecular flexibility index (Phi) is 5.45. The second-order valence-corrected chi connectivity index (χ2v) is 4.53. The fourth-order valence-electron chi connectivity index (χ4n) is 1.78. The Balaban J connectivity index is 1.93. The first kappa shape index (κ1) is 15.2. The van der Waals surface area contributed by atoms with Gasteiger partial charge in [0.1, 0.15) is 12.4 Å². The summed E-state index contributed by atoms with van der Waals surface area (Å²) in [6.07, 6.45) is 4.49. The molecule has 0 radical (unpaired) electrons. The average Bonchev–Trinajstić information content (AvgIpc) is 2.49. The van der Waals surface area contributed by atoms with Crippen molar-refractivity contribution in [1.29, 1.82) is 0 Å². The van der Waals surface area contributed by atoms with Crippen molar-refractivity contribution in [2.45, 2.75) is 13.0 Å². The average molecular weight is 291 g/mol. The normalized spacial score (nSPS) is 12.0. The Morgan fingerprint density at radius 1 is 1.24 bits per heavy atom. The molecule has 2 aromatic heterocycles. The van der Waals surface area contributed by atoms with E-state index in [1.54, 1.807) is 25.6 Å². The lowest BCUT2D eigenvalue weighted by molar-refractivity contribution is 0.144. The minimum atomic E-state index is -0.346. The number of hydrogen-bond acceptors (Lipinski definition) is 5. The molecule has 1 atom stereocenters. The zero-order valence-corrected chi connectivity index (χ0v) is 12.0. The van der Waals surface area contributed by atoms with E-state index in [1.807, 2.05) is 13.0 Å². The van der Waals surface area contributed by atoms with E-state index < -0.39 is 0 Å². The van der Waals surface area contributed by atoms with Crippen molar-refractivity contribution in [2.75, 3.05) is 25.6 Å². The van der Waals surface area contributed by atoms with Crippen molar-refractivity contribution in [2.24, 2.45) is 0 Å². The largest absolute Gasteiger partial charge is 0.475 e. The molecule has 2 aromatic rings. The molecule has 2 rings (SSSR count). The summed E-state index contributed by atoms with van der Waals surface area (Å²) < 4.78 is 23.4. The van der Waals surface area contributed by atoms with Crippen LogP contribution in [-0.2, 0) is 4.74 Å². The lowest BCUT2D eigenvalue weighted by atomic mass is 10.1. The van der Waals surface area contributed by atoms with E-state index in [1.165, 1.54) is 12.3 Å². The second-order valence-electron chi connectivity index (χ2n) is 4.53. The molecule has 1 N–H and O–H groups in total. The highest BCUT2D eigenvalue weighted by atomic mass is 19.1. The predicted molar refractivity (Wildman–Crippen MR) is 77.8 cm³/mol. The molecule has 1 unspecified atom stereocenters. The van der Waals surface area contributed by atoms with E-state index in [-0.39, 0.29) is 11.9 Å². The number of hydrogen-bond donors (Lipinski definition) is 1. The molecule has 0 fully saturated rings. The van der Waals surface area contributed by atoms with Crippen LogP contribution >= 0.6 is 0 Å². The maximum Gasteiger partial charge on any atom is 0.213 e. The van der Waals surface area contributed by atoms with Crippen molar-refractivity contribution in [1.82, 2.24) is 9.97 Å². The van der Waals surface area contributed by atoms with Crippen LogP contribution in [-0.4, -0.2) is 30.3 Å². The summed E-state index contributed by atoms with van der Waals surface area (Å²) in [4.78, 5) is 8.03. The van der Waals surface area contributed by atoms with Crippen LogP contribution in [0.15, 0.2) is 36.8 Å². The minimum Gasteiger partial charge on any atom is -0.475 e. The molecule has 0 amide bonds. The molecule has 0 aliphatic rings. The first-order valence-corrected chi connectivity index (χ1v) is 6.64. The van der Waals surface area contributed by atoms with Crippen LogP contribution in [0.1, 0.15) is 18.5 Å². The van der Waals surface area contributed by atoms with Gasteiger partial charge in [-0.25, -0.2) is 9.37 Å². The van der Waals surface area contributed by atoms with Gasteiger partial charge in [0.05, 0.1) is 30.7 Å². The van der Waals surface area contributed by atoms with Gasteiger partial charge in [0.25, 0.3) is 0 Å². The van der Waals surface area contributed by atoms with Crippen LogP contribution < -0.4 is 10.1 Å². The first-order chi connectivity index (χ1) is 10.2. The van der Waals surface area contributed by atoms with Gasteiger partial charge in [-0.05, 0) is 24.6 Å². The molecule has 0 aliphatic carbocycles. The Labute approximate surface area is 123 Å². The fourth-order valence-corrected chi connectivity index (χ4v) is 1.78. The highest BCUT2D eigenvalue weighted by Gasteiger charge is 2.07. The summed E-state index contributed by atoms with van der Waals surface area (Å²) in [6, 6.07) is 5.02. The number of ether oxygens (including phenoxy) is 2. The zero-order chi connectivity index (χ0) is 15.1. The van der Waals surface area contributed by atoms with Gasteiger partial charge >= 0.3 is 0 Å². The predicted octanol–water partition coefficient (Wildman–Crippen LogP) is 2.81. The molecule has 0 aromatic carbocycles. The number of anilines is 1. The molecule has 0 aliphatic heterocycles. The Hall–Kier alpha value is -2.21. The van der Waals surface area contributed by atoms with Gasteiger partial charge in [0.2, 0.25) is 5.88 Å². The van der Waals surface area contributed by atoms with Crippen molar-refractivity contribution >= 4 is 5.69 Å². The van der Waals surface area contributed by atoms with Gasteiger partial charge in [-0.2, -0.15) is 0 Å². The molecule has 0 bridgehead atoms. The molecule has 5 nitrogen and oxygen atoms in total. The molecule has 0 saturated heterocycles. The zero-order valence-electron chi connectivity index (χ0n) is 12.0. The van der Waals surface area contributed by atoms with Gasteiger partial charge in [-0.1, -0.05) is 0 Å². The maximum absolute atomic E-state index is 13.1. The van der Waals surface area contributed by atoms with Crippen molar-refractivity contribution in [3.8, 4) is 5.88 Å². The number of nitrogens with one attached hydrogen (secondary N) is 1. The monoisotopic (exact) mass is 291 g/mol. The SMILES string of the molecule is COCCOc1ccc(NC(C)c2cncc(F)c2)cn1. The summed E-state index contributed by atoms with van der Waals surface area (Å²) in [5, 5.41) is 3.23. The highest BCUT2D eigenvalue weighted by Crippen LogP contribution is 2.19. The Morgan fingerprint density at radius 3 is 2.76 bits per heavy atom. The van der Waals surface area contributed by atoms with Gasteiger partial charge in [-0.3, -0.25) is 4.98 Å². The van der Waals surface area contributed by atoms with E-state index in [0.29, 0.717) is 19.1 Å². The Morgan fingerprint density at radius 2 is 2.10 bits per heavy atom. The number of rotatable bonds is 7. The van der Waals surface area contributed by atoms with Crippen LogP contribution in [0.3, 0.4) is 0 Å². The smallest absolute Gasteiger partial charge is 0.213 e. The third kappa shape index (κ3) is 4.68. The molecule has 0 saturated carbocycles. The van der Waals surface area contributed by atoms with Gasteiger partial charge < -0.3 is 14.8 Å². The highest BCUT2D eigenvalue weighted by molar-refractivity contribution is 5.44. The van der Waals surface area contributed by atoms with Gasteiger partial charge in [-0.15, -0.1) is 0 Å². The van der Waals surface area contributed by atoms with E-state index in [9.17, 15) is 4.39 Å². The third-order valence-electron chi connectivity index (χ3n) is 2.88. The molecule has 0 spiro atoms. The van der Waals surface area contributed by atoms with Crippen LogP contribution in [0.2, 0.25) is 0 Å². The standard InChI is InChI=1S/C15H18FN3O2/c1-11(12-7-13(16)9-17-8-12)19-14-3-4-15(18-10-14)21-6-5-20-2/h3-4,7-11,19H,5-6H2,1-2H3. The van der Waals surface area contributed by atoms with Crippen molar-refractivity contribution < 1.29 is 13.9 Å². The maximum atomic E-state index is 13.1. The third-order valence-corrected chi connectivity index (χ3v) is 2.88. The summed E-state index contributed by atoms with van der Waals surface area (Å²) in [5.41, 5.74) is 1.60. The van der Waals surface area contributed by atoms with Crippen LogP contribution in [0.5, 0.6) is 5.88 Å². The minimum absolute atomic E-state index is 0.0738. The quantitative estimate of drug-likeness (QED) is 0.795. The van der Waals surface area contributed by atoms with Crippen LogP contribution in [0, 0.1) is 5.82 Å². The fraction of sp³-hybridized carbons (Fsp3) is 0.333. The number of pyridine rings is 2. The second kappa shape index (κ2) is 7.54. The summed E-state index contributed by atoms with van der Waals surface area (Å²) in [6.45, 7) is 2.91. The number of halogens is 1. The summed E-state index contributed by atoms with van der Waals surface area (Å²) >= 11 is 0. The van der Waals surface area contributed by atoms with Crippen LogP contribution in [0.4, 0.5) is 10.1 Å². The molecule has 21 heavy (non-hydrogen) atoms. The Bertz CT molecular complexity index is 563. The van der Waals surface area contributed by atoms with E-state index in [4.69, 9.17) is 9.47 Å². The molecule has 6 heteroatoms. The summed E-state index contributed by atoms with van der Waals surface area (Å²) in [5.74, 6) is 0.193. The topological polar surface area (TPSA) is 56.3 Å². The van der Waals surface area contributed by atoms with Crippen molar-refractivity contribution in [3.63, 3.8) is 0 Å². The number of methoxy groups -OCH3 is 1. The first-order valence-electron chi connectivity index (χ1n) is 6.64. The van der Waals surface area contributed by atoms with Gasteiger partial charge in [0.15, 0.2) is 0 Å². The molecular weight excluding hydrogens is 273 g/mol. The van der Waals surface area contributed by atoms with E-state index in [2.05, 4.69) is 15.3 Å². The lowest BCUT2D eigenvalue weighted by Crippen LogP contribution is -2.08. The molecular formula is C15H18FN3O2. The van der Waals surface area contributed by atoms with Gasteiger partial charge in [0, 0.05) is 19.4 Å².